The molecule has 3 aromatic rings. The van der Waals surface area contributed by atoms with Gasteiger partial charge in [-0.2, -0.15) is 11.3 Å². The number of anilines is 1. The van der Waals surface area contributed by atoms with Crippen LogP contribution in [0.25, 0.3) is 10.6 Å². The van der Waals surface area contributed by atoms with Crippen molar-refractivity contribution in [2.75, 3.05) is 18.4 Å². The minimum atomic E-state index is -0.436. The van der Waals surface area contributed by atoms with Gasteiger partial charge in [-0.15, -0.1) is 11.3 Å². The number of nitrogens with one attached hydrogen (secondary N) is 2. The van der Waals surface area contributed by atoms with E-state index >= 15 is 0 Å². The highest BCUT2D eigenvalue weighted by atomic mass is 32.1. The maximum Gasteiger partial charge on any atom is 0.292 e. The first kappa shape index (κ1) is 18.0. The van der Waals surface area contributed by atoms with E-state index in [1.807, 2.05) is 22.2 Å². The van der Waals surface area contributed by atoms with Gasteiger partial charge in [0.15, 0.2) is 0 Å². The zero-order chi connectivity index (χ0) is 18.4. The van der Waals surface area contributed by atoms with E-state index in [2.05, 4.69) is 15.6 Å². The molecule has 0 atom stereocenters. The first-order chi connectivity index (χ1) is 12.6. The van der Waals surface area contributed by atoms with Crippen molar-refractivity contribution in [1.82, 2.24) is 10.3 Å². The van der Waals surface area contributed by atoms with Crippen LogP contribution in [0.2, 0.25) is 0 Å². The lowest BCUT2D eigenvalue weighted by molar-refractivity contribution is -0.384. The molecule has 2 aromatic heterocycles. The Morgan fingerprint density at radius 2 is 2.04 bits per heavy atom. The third-order valence-corrected chi connectivity index (χ3v) is 5.15. The van der Waals surface area contributed by atoms with Crippen LogP contribution in [0.3, 0.4) is 0 Å². The molecule has 9 heteroatoms. The summed E-state index contributed by atoms with van der Waals surface area (Å²) >= 11 is 3.13. The molecule has 0 saturated heterocycles. The molecule has 2 N–H and O–H groups in total. The van der Waals surface area contributed by atoms with Gasteiger partial charge in [0, 0.05) is 35.5 Å². The number of carbonyl (C=O) groups is 1. The molecular weight excluding hydrogens is 372 g/mol. The molecule has 134 valence electrons. The summed E-state index contributed by atoms with van der Waals surface area (Å²) in [5.41, 5.74) is 2.26. The second-order valence-electron chi connectivity index (χ2n) is 5.38. The van der Waals surface area contributed by atoms with Gasteiger partial charge in [-0.3, -0.25) is 14.9 Å². The topological polar surface area (TPSA) is 97.2 Å². The second kappa shape index (κ2) is 8.54. The highest BCUT2D eigenvalue weighted by Crippen LogP contribution is 2.26. The van der Waals surface area contributed by atoms with E-state index in [4.69, 9.17) is 0 Å². The molecular formula is C17H16N4O3S2. The summed E-state index contributed by atoms with van der Waals surface area (Å²) in [6, 6.07) is 8.42. The standard InChI is InChI=1S/C17H16N4O3S2/c22-16(9-13-11-26-17(20-13)12-5-8-25-10-12)19-7-6-18-14-3-1-2-4-15(14)21(23)24/h1-5,8,10-11,18H,6-7,9H2,(H,19,22). The molecule has 3 rings (SSSR count). The summed E-state index contributed by atoms with van der Waals surface area (Å²) in [6.45, 7) is 0.764. The Bertz CT molecular complexity index is 893. The fraction of sp³-hybridized carbons (Fsp3) is 0.176. The van der Waals surface area contributed by atoms with Crippen molar-refractivity contribution in [2.45, 2.75) is 6.42 Å². The van der Waals surface area contributed by atoms with Gasteiger partial charge in [0.1, 0.15) is 10.7 Å². The maximum absolute atomic E-state index is 12.0. The molecule has 0 saturated carbocycles. The molecule has 0 unspecified atom stereocenters. The molecule has 1 aromatic carbocycles. The predicted molar refractivity (Wildman–Crippen MR) is 104 cm³/mol. The summed E-state index contributed by atoms with van der Waals surface area (Å²) in [6.07, 6.45) is 0.214. The number of hydrogen-bond acceptors (Lipinski definition) is 7. The number of para-hydroxylation sites is 2. The van der Waals surface area contributed by atoms with Gasteiger partial charge in [0.25, 0.3) is 5.69 Å². The van der Waals surface area contributed by atoms with Crippen LogP contribution in [0.4, 0.5) is 11.4 Å². The number of carbonyl (C=O) groups excluding carboxylic acids is 1. The van der Waals surface area contributed by atoms with Crippen LogP contribution in [0.1, 0.15) is 5.69 Å². The lowest BCUT2D eigenvalue weighted by Crippen LogP contribution is -2.30. The normalized spacial score (nSPS) is 10.5. The first-order valence-electron chi connectivity index (χ1n) is 7.84. The number of nitrogens with zero attached hydrogens (tertiary/aromatic N) is 2. The van der Waals surface area contributed by atoms with Crippen LogP contribution in [-0.2, 0) is 11.2 Å². The highest BCUT2D eigenvalue weighted by molar-refractivity contribution is 7.14. The van der Waals surface area contributed by atoms with Crippen LogP contribution in [0, 0.1) is 10.1 Å². The van der Waals surface area contributed by atoms with Crippen molar-refractivity contribution in [3.63, 3.8) is 0 Å². The Balaban J connectivity index is 1.44. The molecule has 26 heavy (non-hydrogen) atoms. The van der Waals surface area contributed by atoms with Gasteiger partial charge < -0.3 is 10.6 Å². The molecule has 0 radical (unpaired) electrons. The number of amides is 1. The summed E-state index contributed by atoms with van der Waals surface area (Å²) in [4.78, 5) is 27.0. The van der Waals surface area contributed by atoms with Crippen molar-refractivity contribution in [3.8, 4) is 10.6 Å². The maximum atomic E-state index is 12.0. The summed E-state index contributed by atoms with van der Waals surface area (Å²) in [5, 5.41) is 23.5. The molecule has 1 amide bonds. The predicted octanol–water partition coefficient (Wildman–Crippen LogP) is 3.55. The van der Waals surface area contributed by atoms with Gasteiger partial charge in [-0.25, -0.2) is 4.98 Å². The SMILES string of the molecule is O=C(Cc1csc(-c2ccsc2)n1)NCCNc1ccccc1[N+](=O)[O-]. The van der Waals surface area contributed by atoms with E-state index in [1.54, 1.807) is 29.5 Å². The van der Waals surface area contributed by atoms with Crippen LogP contribution in [0.5, 0.6) is 0 Å². The number of rotatable bonds is 8. The average molecular weight is 388 g/mol. The Kier molecular flexibility index (Phi) is 5.92. The Hall–Kier alpha value is -2.78. The summed E-state index contributed by atoms with van der Waals surface area (Å²) < 4.78 is 0. The van der Waals surface area contributed by atoms with E-state index in [-0.39, 0.29) is 18.0 Å². The van der Waals surface area contributed by atoms with E-state index < -0.39 is 4.92 Å². The third-order valence-electron chi connectivity index (χ3n) is 3.52. The van der Waals surface area contributed by atoms with Crippen LogP contribution < -0.4 is 10.6 Å². The number of benzene rings is 1. The minimum Gasteiger partial charge on any atom is -0.378 e. The van der Waals surface area contributed by atoms with Gasteiger partial charge in [0.05, 0.1) is 17.0 Å². The third kappa shape index (κ3) is 4.64. The Morgan fingerprint density at radius 1 is 1.19 bits per heavy atom. The lowest BCUT2D eigenvalue weighted by Gasteiger charge is -2.08. The molecule has 0 aliphatic heterocycles. The Morgan fingerprint density at radius 3 is 2.81 bits per heavy atom. The fourth-order valence-electron chi connectivity index (χ4n) is 2.32. The molecule has 0 aliphatic carbocycles. The average Bonchev–Trinajstić information content (AvgIpc) is 3.30. The second-order valence-corrected chi connectivity index (χ2v) is 7.02. The van der Waals surface area contributed by atoms with Crippen LogP contribution in [-0.4, -0.2) is 28.9 Å². The number of aromatic nitrogens is 1. The molecule has 0 spiro atoms. The zero-order valence-electron chi connectivity index (χ0n) is 13.7. The van der Waals surface area contributed by atoms with E-state index in [9.17, 15) is 14.9 Å². The van der Waals surface area contributed by atoms with E-state index in [0.717, 1.165) is 16.3 Å². The smallest absolute Gasteiger partial charge is 0.292 e. The lowest BCUT2D eigenvalue weighted by atomic mass is 10.2. The number of thiophene rings is 1. The molecule has 2 heterocycles. The monoisotopic (exact) mass is 388 g/mol. The molecule has 7 nitrogen and oxygen atoms in total. The Labute approximate surface area is 157 Å². The zero-order valence-corrected chi connectivity index (χ0v) is 15.3. The summed E-state index contributed by atoms with van der Waals surface area (Å²) in [7, 11) is 0. The van der Waals surface area contributed by atoms with Crippen LogP contribution >= 0.6 is 22.7 Å². The van der Waals surface area contributed by atoms with Crippen molar-refractivity contribution >= 4 is 40.0 Å². The molecule has 0 aliphatic rings. The first-order valence-corrected chi connectivity index (χ1v) is 9.66. The molecule has 0 fully saturated rings. The number of nitro groups is 1. The van der Waals surface area contributed by atoms with Crippen molar-refractivity contribution in [1.29, 1.82) is 0 Å². The minimum absolute atomic E-state index is 0.0160. The van der Waals surface area contributed by atoms with Crippen LogP contribution in [0.15, 0.2) is 46.5 Å². The summed E-state index contributed by atoms with van der Waals surface area (Å²) in [5.74, 6) is -0.128. The number of thiazole rings is 1. The highest BCUT2D eigenvalue weighted by Gasteiger charge is 2.12. The number of nitro benzene ring substituents is 1. The van der Waals surface area contributed by atoms with Gasteiger partial charge in [0.2, 0.25) is 5.91 Å². The van der Waals surface area contributed by atoms with Gasteiger partial charge in [-0.05, 0) is 17.5 Å². The van der Waals surface area contributed by atoms with Crippen molar-refractivity contribution in [3.05, 3.63) is 62.3 Å². The van der Waals surface area contributed by atoms with Crippen molar-refractivity contribution in [2.24, 2.45) is 0 Å². The largest absolute Gasteiger partial charge is 0.378 e. The van der Waals surface area contributed by atoms with Gasteiger partial charge >= 0.3 is 0 Å². The number of hydrogen-bond donors (Lipinski definition) is 2. The molecule has 0 bridgehead atoms. The van der Waals surface area contributed by atoms with E-state index in [1.165, 1.54) is 17.4 Å². The fourth-order valence-corrected chi connectivity index (χ4v) is 3.85. The van der Waals surface area contributed by atoms with E-state index in [0.29, 0.717) is 18.8 Å². The van der Waals surface area contributed by atoms with Gasteiger partial charge in [-0.1, -0.05) is 12.1 Å². The van der Waals surface area contributed by atoms with Crippen molar-refractivity contribution < 1.29 is 9.72 Å². The quantitative estimate of drug-likeness (QED) is 0.349.